The standard InChI is InChI=1S/C28H34N2/c1-20-18-25(28(4,5)6)19-26(30(7)22(3)24-16-12-9-13-17-24)27(20)29-21(2)23-14-10-8-11-15-23/h8-10,12-14,16-19,29H,2-3,11,15H2,1,4-7H3. The minimum absolute atomic E-state index is 0.0562. The van der Waals surface area contributed by atoms with Gasteiger partial charge in [0.25, 0.3) is 0 Å². The zero-order valence-corrected chi connectivity index (χ0v) is 19.0. The third kappa shape index (κ3) is 4.76. The highest BCUT2D eigenvalue weighted by molar-refractivity contribution is 5.86. The van der Waals surface area contributed by atoms with E-state index in [2.05, 4.69) is 113 Å². The summed E-state index contributed by atoms with van der Waals surface area (Å²) in [5.74, 6) is 0. The van der Waals surface area contributed by atoms with Gasteiger partial charge in [-0.15, -0.1) is 0 Å². The highest BCUT2D eigenvalue weighted by Crippen LogP contribution is 2.39. The molecule has 0 saturated heterocycles. The molecule has 2 aromatic carbocycles. The number of allylic oxidation sites excluding steroid dienone is 4. The van der Waals surface area contributed by atoms with E-state index in [0.717, 1.165) is 41.2 Å². The summed E-state index contributed by atoms with van der Waals surface area (Å²) in [6.07, 6.45) is 8.55. The number of nitrogens with one attached hydrogen (secondary N) is 1. The number of benzene rings is 2. The van der Waals surface area contributed by atoms with E-state index in [9.17, 15) is 0 Å². The molecule has 3 rings (SSSR count). The lowest BCUT2D eigenvalue weighted by atomic mass is 9.85. The van der Waals surface area contributed by atoms with Crippen LogP contribution in [0.25, 0.3) is 5.70 Å². The summed E-state index contributed by atoms with van der Waals surface area (Å²) in [6.45, 7) is 17.7. The largest absolute Gasteiger partial charge is 0.354 e. The predicted octanol–water partition coefficient (Wildman–Crippen LogP) is 7.60. The molecule has 0 unspecified atom stereocenters. The van der Waals surface area contributed by atoms with Crippen molar-refractivity contribution < 1.29 is 0 Å². The van der Waals surface area contributed by atoms with Crippen LogP contribution in [0.4, 0.5) is 11.4 Å². The van der Waals surface area contributed by atoms with E-state index in [4.69, 9.17) is 0 Å². The number of aryl methyl sites for hydroxylation is 1. The predicted molar refractivity (Wildman–Crippen MR) is 133 cm³/mol. The Morgan fingerprint density at radius 1 is 1.07 bits per heavy atom. The van der Waals surface area contributed by atoms with Crippen molar-refractivity contribution in [3.63, 3.8) is 0 Å². The molecule has 1 N–H and O–H groups in total. The van der Waals surface area contributed by atoms with Crippen LogP contribution >= 0.6 is 0 Å². The summed E-state index contributed by atoms with van der Waals surface area (Å²) in [5, 5.41) is 3.63. The topological polar surface area (TPSA) is 15.3 Å². The lowest BCUT2D eigenvalue weighted by Gasteiger charge is -2.30. The van der Waals surface area contributed by atoms with E-state index < -0.39 is 0 Å². The van der Waals surface area contributed by atoms with Crippen molar-refractivity contribution in [2.24, 2.45) is 0 Å². The molecule has 1 aliphatic rings. The van der Waals surface area contributed by atoms with Gasteiger partial charge in [0, 0.05) is 18.4 Å². The normalized spacial score (nSPS) is 13.6. The molecule has 30 heavy (non-hydrogen) atoms. The maximum atomic E-state index is 4.39. The highest BCUT2D eigenvalue weighted by Gasteiger charge is 2.21. The molecule has 0 fully saturated rings. The Morgan fingerprint density at radius 3 is 2.37 bits per heavy atom. The molecule has 2 heteroatoms. The average molecular weight is 399 g/mol. The summed E-state index contributed by atoms with van der Waals surface area (Å²) in [6, 6.07) is 14.9. The van der Waals surface area contributed by atoms with Gasteiger partial charge >= 0.3 is 0 Å². The third-order valence-electron chi connectivity index (χ3n) is 5.73. The SMILES string of the molecule is C=C(Nc1c(C)cc(C(C)(C)C)cc1N(C)C(=C)c1ccccc1)C1=CC=CCC1. The maximum absolute atomic E-state index is 4.39. The molecule has 0 amide bonds. The van der Waals surface area contributed by atoms with Gasteiger partial charge < -0.3 is 10.2 Å². The Morgan fingerprint density at radius 2 is 1.77 bits per heavy atom. The number of anilines is 2. The first-order valence-corrected chi connectivity index (χ1v) is 10.6. The number of hydrogen-bond acceptors (Lipinski definition) is 2. The number of nitrogens with zero attached hydrogens (tertiary/aromatic N) is 1. The molecule has 0 bridgehead atoms. The van der Waals surface area contributed by atoms with Gasteiger partial charge in [-0.25, -0.2) is 0 Å². The Bertz CT molecular complexity index is 1000. The van der Waals surface area contributed by atoms with Gasteiger partial charge in [-0.3, -0.25) is 0 Å². The van der Waals surface area contributed by atoms with Crippen molar-refractivity contribution in [3.05, 3.63) is 102 Å². The van der Waals surface area contributed by atoms with Crippen LogP contribution in [-0.2, 0) is 5.41 Å². The Hall–Kier alpha value is -3.00. The smallest absolute Gasteiger partial charge is 0.0655 e. The second kappa shape index (κ2) is 8.79. The molecule has 1 aliphatic carbocycles. The van der Waals surface area contributed by atoms with Gasteiger partial charge in [0.2, 0.25) is 0 Å². The van der Waals surface area contributed by atoms with E-state index in [1.54, 1.807) is 0 Å². The molecule has 156 valence electrons. The van der Waals surface area contributed by atoms with Gasteiger partial charge in [0.05, 0.1) is 11.4 Å². The second-order valence-corrected chi connectivity index (χ2v) is 9.07. The molecule has 0 spiro atoms. The molecule has 0 radical (unpaired) electrons. The molecule has 0 atom stereocenters. The van der Waals surface area contributed by atoms with Crippen LogP contribution in [0.1, 0.15) is 50.3 Å². The summed E-state index contributed by atoms with van der Waals surface area (Å²) in [4.78, 5) is 2.18. The monoisotopic (exact) mass is 398 g/mol. The minimum Gasteiger partial charge on any atom is -0.354 e. The van der Waals surface area contributed by atoms with E-state index in [0.29, 0.717) is 0 Å². The molecule has 2 nitrogen and oxygen atoms in total. The van der Waals surface area contributed by atoms with Gasteiger partial charge in [0.1, 0.15) is 0 Å². The van der Waals surface area contributed by atoms with Crippen molar-refractivity contribution in [2.45, 2.75) is 46.0 Å². The third-order valence-corrected chi connectivity index (χ3v) is 5.73. The van der Waals surface area contributed by atoms with Gasteiger partial charge in [-0.05, 0) is 53.5 Å². The van der Waals surface area contributed by atoms with Crippen molar-refractivity contribution in [2.75, 3.05) is 17.3 Å². The van der Waals surface area contributed by atoms with Crippen molar-refractivity contribution in [1.82, 2.24) is 0 Å². The van der Waals surface area contributed by atoms with E-state index >= 15 is 0 Å². The molecule has 0 aliphatic heterocycles. The summed E-state index contributed by atoms with van der Waals surface area (Å²) < 4.78 is 0. The van der Waals surface area contributed by atoms with Gasteiger partial charge in [0.15, 0.2) is 0 Å². The first-order chi connectivity index (χ1) is 14.2. The average Bonchev–Trinajstić information content (AvgIpc) is 2.74. The molecule has 2 aromatic rings. The van der Waals surface area contributed by atoms with E-state index in [1.807, 2.05) is 6.07 Å². The van der Waals surface area contributed by atoms with Crippen molar-refractivity contribution in [3.8, 4) is 0 Å². The second-order valence-electron chi connectivity index (χ2n) is 9.07. The number of rotatable bonds is 6. The fourth-order valence-corrected chi connectivity index (χ4v) is 3.68. The molecule has 0 aromatic heterocycles. The van der Waals surface area contributed by atoms with Crippen molar-refractivity contribution >= 4 is 17.1 Å². The molecular weight excluding hydrogens is 364 g/mol. The van der Waals surface area contributed by atoms with E-state index in [-0.39, 0.29) is 5.41 Å². The fraction of sp³-hybridized carbons (Fsp3) is 0.286. The van der Waals surface area contributed by atoms with Crippen LogP contribution in [0.5, 0.6) is 0 Å². The maximum Gasteiger partial charge on any atom is 0.0655 e. The summed E-state index contributed by atoms with van der Waals surface area (Å²) in [7, 11) is 2.09. The van der Waals surface area contributed by atoms with Crippen molar-refractivity contribution in [1.29, 1.82) is 0 Å². The molecule has 0 heterocycles. The Kier molecular flexibility index (Phi) is 6.36. The first-order valence-electron chi connectivity index (χ1n) is 10.6. The quantitative estimate of drug-likeness (QED) is 0.539. The Balaban J connectivity index is 2.05. The highest BCUT2D eigenvalue weighted by atomic mass is 15.1. The van der Waals surface area contributed by atoms with Crippen LogP contribution in [0.3, 0.4) is 0 Å². The molecular formula is C28H34N2. The van der Waals surface area contributed by atoms with Crippen LogP contribution in [0.2, 0.25) is 0 Å². The lowest BCUT2D eigenvalue weighted by Crippen LogP contribution is -2.20. The molecule has 0 saturated carbocycles. The fourth-order valence-electron chi connectivity index (χ4n) is 3.68. The minimum atomic E-state index is 0.0562. The summed E-state index contributed by atoms with van der Waals surface area (Å²) >= 11 is 0. The first kappa shape index (κ1) is 21.7. The number of hydrogen-bond donors (Lipinski definition) is 1. The van der Waals surface area contributed by atoms with Gasteiger partial charge in [-0.2, -0.15) is 0 Å². The van der Waals surface area contributed by atoms with Crippen LogP contribution in [0, 0.1) is 6.92 Å². The zero-order chi connectivity index (χ0) is 21.9. The van der Waals surface area contributed by atoms with Crippen LogP contribution < -0.4 is 10.2 Å². The van der Waals surface area contributed by atoms with E-state index in [1.165, 1.54) is 16.7 Å². The lowest BCUT2D eigenvalue weighted by molar-refractivity contribution is 0.590. The van der Waals surface area contributed by atoms with Crippen LogP contribution in [0.15, 0.2) is 85.1 Å². The van der Waals surface area contributed by atoms with Crippen LogP contribution in [-0.4, -0.2) is 7.05 Å². The summed E-state index contributed by atoms with van der Waals surface area (Å²) in [5.41, 5.74) is 9.07. The Labute approximate surface area is 182 Å². The van der Waals surface area contributed by atoms with Gasteiger partial charge in [-0.1, -0.05) is 88.6 Å². The zero-order valence-electron chi connectivity index (χ0n) is 19.0.